The van der Waals surface area contributed by atoms with Crippen molar-refractivity contribution in [3.8, 4) is 0 Å². The van der Waals surface area contributed by atoms with E-state index in [-0.39, 0.29) is 18.3 Å². The lowest BCUT2D eigenvalue weighted by Crippen LogP contribution is -2.29. The van der Waals surface area contributed by atoms with E-state index in [0.29, 0.717) is 18.6 Å². The molecule has 0 N–H and O–H groups in total. The van der Waals surface area contributed by atoms with Crippen LogP contribution < -0.4 is 0 Å². The molecule has 0 aromatic heterocycles. The lowest BCUT2D eigenvalue weighted by atomic mass is 9.86. The highest BCUT2D eigenvalue weighted by molar-refractivity contribution is 7.00. The molecule has 2 atom stereocenters. The number of methoxy groups -OCH3 is 1. The first-order chi connectivity index (χ1) is 12.3. The van der Waals surface area contributed by atoms with Crippen molar-refractivity contribution in [1.29, 1.82) is 0 Å². The molecule has 0 aliphatic rings. The summed E-state index contributed by atoms with van der Waals surface area (Å²) in [6.07, 6.45) is 0.415. The van der Waals surface area contributed by atoms with Crippen molar-refractivity contribution in [2.45, 2.75) is 41.0 Å². The van der Waals surface area contributed by atoms with Crippen molar-refractivity contribution in [2.75, 3.05) is 20.3 Å². The fourth-order valence-corrected chi connectivity index (χ4v) is 2.80. The van der Waals surface area contributed by atoms with Crippen LogP contribution in [0.15, 0.2) is 12.1 Å². The van der Waals surface area contributed by atoms with E-state index >= 15 is 0 Å². The highest BCUT2D eigenvalue weighted by atomic mass is 31.0. The molecule has 146 valence electrons. The van der Waals surface area contributed by atoms with E-state index in [0.717, 1.165) is 16.7 Å². The number of ether oxygens (including phenoxy) is 1. The van der Waals surface area contributed by atoms with E-state index in [4.69, 9.17) is 19.1 Å². The van der Waals surface area contributed by atoms with Crippen molar-refractivity contribution in [3.63, 3.8) is 0 Å². The van der Waals surface area contributed by atoms with Crippen LogP contribution in [0.4, 0.5) is 0 Å². The molecular formula is C19H30O6P+. The van der Waals surface area contributed by atoms with Gasteiger partial charge in [0.15, 0.2) is 5.78 Å². The molecule has 0 amide bonds. The number of aryl methyl sites for hydroxylation is 3. The SMILES string of the molecule is COCCOOC(=O)C(CC(C)C)C(=O)c1c(C)cc(C)cc1C.O=[PH2+]. The predicted molar refractivity (Wildman–Crippen MR) is 102 cm³/mol. The van der Waals surface area contributed by atoms with Crippen LogP contribution in [0.5, 0.6) is 0 Å². The summed E-state index contributed by atoms with van der Waals surface area (Å²) in [6, 6.07) is 3.90. The van der Waals surface area contributed by atoms with Gasteiger partial charge in [-0.1, -0.05) is 36.1 Å². The highest BCUT2D eigenvalue weighted by Crippen LogP contribution is 2.24. The molecule has 0 bridgehead atoms. The van der Waals surface area contributed by atoms with Gasteiger partial charge in [0.2, 0.25) is 0 Å². The number of Topliss-reactive ketones (excluding diaryl/α,β-unsaturated/α-hetero) is 1. The standard InChI is InChI=1S/C19H28O5.H2OP/c1-12(2)9-16(19(21)24-23-8-7-22-6)18(20)17-14(4)10-13(3)11-15(17)5;1-2/h10-12,16H,7-9H2,1-6H3;2H2/q;+1. The van der Waals surface area contributed by atoms with Gasteiger partial charge in [0.1, 0.15) is 12.5 Å². The van der Waals surface area contributed by atoms with Crippen LogP contribution in [-0.4, -0.2) is 32.1 Å². The normalized spacial score (nSPS) is 11.5. The smallest absolute Gasteiger partial charge is 0.353 e. The number of carbonyl (C=O) groups is 2. The molecule has 0 aliphatic heterocycles. The molecule has 7 heteroatoms. The average molecular weight is 385 g/mol. The quantitative estimate of drug-likeness (QED) is 0.161. The van der Waals surface area contributed by atoms with E-state index in [9.17, 15) is 9.59 Å². The second-order valence-electron chi connectivity index (χ2n) is 6.54. The Bertz CT molecular complexity index is 577. The Morgan fingerprint density at radius 2 is 1.58 bits per heavy atom. The number of benzene rings is 1. The molecule has 0 saturated heterocycles. The van der Waals surface area contributed by atoms with Crippen LogP contribution in [0.1, 0.15) is 47.3 Å². The Hall–Kier alpha value is -1.62. The summed E-state index contributed by atoms with van der Waals surface area (Å²) in [5, 5.41) is 0. The lowest BCUT2D eigenvalue weighted by molar-refractivity contribution is -0.278. The van der Waals surface area contributed by atoms with Crippen molar-refractivity contribution >= 4 is 20.9 Å². The van der Waals surface area contributed by atoms with E-state index in [2.05, 4.69) is 0 Å². The summed E-state index contributed by atoms with van der Waals surface area (Å²) in [5.41, 5.74) is 3.44. The van der Waals surface area contributed by atoms with Crippen LogP contribution in [0.2, 0.25) is 0 Å². The molecule has 0 spiro atoms. The van der Waals surface area contributed by atoms with Gasteiger partial charge in [0.25, 0.3) is 0 Å². The Kier molecular flexibility index (Phi) is 11.9. The first-order valence-electron chi connectivity index (χ1n) is 8.45. The van der Waals surface area contributed by atoms with Crippen molar-refractivity contribution < 1.29 is 28.7 Å². The summed E-state index contributed by atoms with van der Waals surface area (Å²) < 4.78 is 13.0. The lowest BCUT2D eigenvalue weighted by Gasteiger charge is -2.18. The maximum absolute atomic E-state index is 13.0. The zero-order valence-electron chi connectivity index (χ0n) is 16.5. The van der Waals surface area contributed by atoms with Crippen molar-refractivity contribution in [3.05, 3.63) is 34.4 Å². The monoisotopic (exact) mass is 385 g/mol. The first-order valence-corrected chi connectivity index (χ1v) is 8.92. The van der Waals surface area contributed by atoms with Gasteiger partial charge in [-0.3, -0.25) is 9.68 Å². The average Bonchev–Trinajstić information content (AvgIpc) is 2.57. The molecule has 1 aromatic carbocycles. The second kappa shape index (κ2) is 12.7. The van der Waals surface area contributed by atoms with Crippen LogP contribution in [0.25, 0.3) is 0 Å². The molecule has 2 unspecified atom stereocenters. The fourth-order valence-electron chi connectivity index (χ4n) is 2.80. The van der Waals surface area contributed by atoms with Crippen LogP contribution in [0.3, 0.4) is 0 Å². The predicted octanol–water partition coefficient (Wildman–Crippen LogP) is 3.79. The van der Waals surface area contributed by atoms with Gasteiger partial charge in [0.05, 0.1) is 6.61 Å². The van der Waals surface area contributed by atoms with Gasteiger partial charge in [-0.2, -0.15) is 4.89 Å². The van der Waals surface area contributed by atoms with E-state index in [1.165, 1.54) is 16.2 Å². The second-order valence-corrected chi connectivity index (χ2v) is 6.54. The molecule has 0 saturated carbocycles. The maximum Gasteiger partial charge on any atom is 0.353 e. The summed E-state index contributed by atoms with van der Waals surface area (Å²) in [7, 11) is 2.69. The fraction of sp³-hybridized carbons (Fsp3) is 0.579. The summed E-state index contributed by atoms with van der Waals surface area (Å²) in [6.45, 7) is 10.1. The summed E-state index contributed by atoms with van der Waals surface area (Å²) >= 11 is 0. The first kappa shape index (κ1) is 24.4. The minimum Gasteiger partial charge on any atom is -0.382 e. The van der Waals surface area contributed by atoms with Gasteiger partial charge < -0.3 is 4.74 Å². The largest absolute Gasteiger partial charge is 0.382 e. The molecule has 0 aliphatic carbocycles. The number of hydrogen-bond donors (Lipinski definition) is 0. The minimum atomic E-state index is -0.868. The van der Waals surface area contributed by atoms with E-state index in [1.54, 1.807) is 0 Å². The van der Waals surface area contributed by atoms with Crippen LogP contribution in [0, 0.1) is 32.6 Å². The van der Waals surface area contributed by atoms with Gasteiger partial charge in [-0.05, 0) is 44.2 Å². The molecule has 0 radical (unpaired) electrons. The van der Waals surface area contributed by atoms with Crippen molar-refractivity contribution in [2.24, 2.45) is 11.8 Å². The Morgan fingerprint density at radius 1 is 1.04 bits per heavy atom. The number of hydrogen-bond acceptors (Lipinski definition) is 6. The van der Waals surface area contributed by atoms with Crippen LogP contribution >= 0.6 is 9.12 Å². The Balaban J connectivity index is 0.00000301. The molecular weight excluding hydrogens is 355 g/mol. The third-order valence-corrected chi connectivity index (χ3v) is 3.74. The molecule has 6 nitrogen and oxygen atoms in total. The number of carbonyl (C=O) groups excluding carboxylic acids is 2. The molecule has 1 rings (SSSR count). The van der Waals surface area contributed by atoms with Gasteiger partial charge >= 0.3 is 15.1 Å². The minimum absolute atomic E-state index is 0.132. The van der Waals surface area contributed by atoms with Crippen LogP contribution in [-0.2, 0) is 23.9 Å². The van der Waals surface area contributed by atoms with Gasteiger partial charge in [-0.15, -0.1) is 0 Å². The molecule has 0 fully saturated rings. The van der Waals surface area contributed by atoms with E-state index < -0.39 is 11.9 Å². The molecule has 26 heavy (non-hydrogen) atoms. The number of rotatable bonds is 9. The number of ketones is 1. The Labute approximate surface area is 157 Å². The van der Waals surface area contributed by atoms with Crippen molar-refractivity contribution in [1.82, 2.24) is 0 Å². The zero-order chi connectivity index (χ0) is 20.3. The highest BCUT2D eigenvalue weighted by Gasteiger charge is 2.32. The van der Waals surface area contributed by atoms with E-state index in [1.807, 2.05) is 46.8 Å². The third kappa shape index (κ3) is 7.73. The third-order valence-electron chi connectivity index (χ3n) is 3.74. The summed E-state index contributed by atoms with van der Waals surface area (Å²) in [5.74, 6) is -1.55. The molecule has 0 heterocycles. The van der Waals surface area contributed by atoms with Gasteiger partial charge in [0, 0.05) is 12.7 Å². The zero-order valence-corrected chi connectivity index (χ0v) is 17.6. The molecule has 1 aromatic rings. The maximum atomic E-state index is 13.0. The summed E-state index contributed by atoms with van der Waals surface area (Å²) in [4.78, 5) is 35.0. The Morgan fingerprint density at radius 3 is 2.04 bits per heavy atom. The topological polar surface area (TPSA) is 78.9 Å². The van der Waals surface area contributed by atoms with Gasteiger partial charge in [-0.25, -0.2) is 4.79 Å².